The van der Waals surface area contributed by atoms with Crippen molar-refractivity contribution >= 4 is 27.8 Å². The van der Waals surface area contributed by atoms with Crippen molar-refractivity contribution in [2.24, 2.45) is 0 Å². The number of aromatic amines is 1. The number of hydrogen-bond donors (Lipinski definition) is 2. The van der Waals surface area contributed by atoms with Crippen molar-refractivity contribution in [2.45, 2.75) is 0 Å². The van der Waals surface area contributed by atoms with Gasteiger partial charge >= 0.3 is 5.97 Å². The Hall–Kier alpha value is -3.34. The first kappa shape index (κ1) is 14.3. The molecule has 0 aliphatic heterocycles. The molecule has 24 heavy (non-hydrogen) atoms. The topological polar surface area (TPSA) is 75.2 Å². The Kier molecular flexibility index (Phi) is 3.20. The number of methoxy groups -OCH3 is 1. The summed E-state index contributed by atoms with van der Waals surface area (Å²) in [6.07, 6.45) is 0. The van der Waals surface area contributed by atoms with E-state index in [9.17, 15) is 9.90 Å². The van der Waals surface area contributed by atoms with Gasteiger partial charge in [-0.15, -0.1) is 0 Å². The zero-order chi connectivity index (χ0) is 16.7. The first-order valence-electron chi connectivity index (χ1n) is 7.46. The predicted molar refractivity (Wildman–Crippen MR) is 92.5 cm³/mol. The third kappa shape index (κ3) is 2.18. The van der Waals surface area contributed by atoms with Gasteiger partial charge in [-0.05, 0) is 36.4 Å². The van der Waals surface area contributed by atoms with Crippen molar-refractivity contribution in [3.8, 4) is 17.0 Å². The van der Waals surface area contributed by atoms with Gasteiger partial charge < -0.3 is 14.8 Å². The van der Waals surface area contributed by atoms with Crippen molar-refractivity contribution in [1.82, 2.24) is 9.97 Å². The van der Waals surface area contributed by atoms with E-state index in [-0.39, 0.29) is 5.69 Å². The molecule has 4 aromatic rings. The lowest BCUT2D eigenvalue weighted by Crippen LogP contribution is -2.01. The van der Waals surface area contributed by atoms with E-state index in [2.05, 4.69) is 9.97 Å². The van der Waals surface area contributed by atoms with Crippen LogP contribution >= 0.6 is 0 Å². The predicted octanol–water partition coefficient (Wildman–Crippen LogP) is 4.09. The first-order chi connectivity index (χ1) is 11.7. The molecule has 0 spiro atoms. The maximum atomic E-state index is 11.5. The van der Waals surface area contributed by atoms with E-state index >= 15 is 0 Å². The Morgan fingerprint density at radius 2 is 1.83 bits per heavy atom. The van der Waals surface area contributed by atoms with Crippen LogP contribution in [0.25, 0.3) is 33.1 Å². The van der Waals surface area contributed by atoms with Gasteiger partial charge in [0, 0.05) is 21.9 Å². The lowest BCUT2D eigenvalue weighted by Gasteiger charge is -2.06. The second-order valence-electron chi connectivity index (χ2n) is 5.48. The average Bonchev–Trinajstić information content (AvgIpc) is 2.99. The fourth-order valence-corrected chi connectivity index (χ4v) is 2.91. The SMILES string of the molecule is COc1ccc(-c2nc(C(=O)O)cc3c2[nH]c2ccccc23)cc1. The number of carboxylic acid groups (broad SMARTS) is 1. The number of benzene rings is 2. The molecule has 0 bridgehead atoms. The van der Waals surface area contributed by atoms with Crippen LogP contribution in [0.3, 0.4) is 0 Å². The molecule has 2 heterocycles. The minimum atomic E-state index is -1.04. The van der Waals surface area contributed by atoms with Crippen LogP contribution in [-0.4, -0.2) is 28.2 Å². The lowest BCUT2D eigenvalue weighted by molar-refractivity contribution is 0.0691. The zero-order valence-corrected chi connectivity index (χ0v) is 12.9. The molecule has 0 unspecified atom stereocenters. The van der Waals surface area contributed by atoms with Crippen LogP contribution in [0.5, 0.6) is 5.75 Å². The molecule has 0 atom stereocenters. The Bertz CT molecular complexity index is 1070. The molecule has 0 amide bonds. The van der Waals surface area contributed by atoms with Crippen molar-refractivity contribution in [1.29, 1.82) is 0 Å². The Labute approximate surface area is 137 Å². The molecule has 2 aromatic heterocycles. The Morgan fingerprint density at radius 3 is 2.54 bits per heavy atom. The van der Waals surface area contributed by atoms with Gasteiger partial charge in [-0.3, -0.25) is 0 Å². The average molecular weight is 318 g/mol. The highest BCUT2D eigenvalue weighted by atomic mass is 16.5. The van der Waals surface area contributed by atoms with E-state index in [1.54, 1.807) is 13.2 Å². The normalized spacial score (nSPS) is 11.0. The summed E-state index contributed by atoms with van der Waals surface area (Å²) in [5, 5.41) is 11.2. The molecular weight excluding hydrogens is 304 g/mol. The van der Waals surface area contributed by atoms with E-state index in [4.69, 9.17) is 4.74 Å². The van der Waals surface area contributed by atoms with Gasteiger partial charge in [0.2, 0.25) is 0 Å². The molecule has 0 radical (unpaired) electrons. The van der Waals surface area contributed by atoms with Gasteiger partial charge in [-0.1, -0.05) is 18.2 Å². The van der Waals surface area contributed by atoms with E-state index in [0.717, 1.165) is 33.1 Å². The molecule has 4 rings (SSSR count). The quantitative estimate of drug-likeness (QED) is 0.596. The second kappa shape index (κ2) is 5.38. The fraction of sp³-hybridized carbons (Fsp3) is 0.0526. The van der Waals surface area contributed by atoms with E-state index in [1.807, 2.05) is 48.5 Å². The monoisotopic (exact) mass is 318 g/mol. The van der Waals surface area contributed by atoms with Crippen molar-refractivity contribution < 1.29 is 14.6 Å². The summed E-state index contributed by atoms with van der Waals surface area (Å²) < 4.78 is 5.18. The standard InChI is InChI=1S/C19H14N2O3/c1-24-12-8-6-11(7-9-12)17-18-14(10-16(21-17)19(22)23)13-4-2-3-5-15(13)20-18/h2-10,20H,1H3,(H,22,23). The third-order valence-corrected chi connectivity index (χ3v) is 4.08. The molecule has 5 nitrogen and oxygen atoms in total. The van der Waals surface area contributed by atoms with Gasteiger partial charge in [-0.25, -0.2) is 9.78 Å². The van der Waals surface area contributed by atoms with E-state index in [1.165, 1.54) is 0 Å². The minimum absolute atomic E-state index is 0.0260. The highest BCUT2D eigenvalue weighted by molar-refractivity contribution is 6.12. The molecule has 0 saturated heterocycles. The van der Waals surface area contributed by atoms with Crippen LogP contribution in [0.1, 0.15) is 10.5 Å². The number of H-pyrrole nitrogens is 1. The van der Waals surface area contributed by atoms with Gasteiger partial charge in [0.15, 0.2) is 0 Å². The number of carboxylic acids is 1. The number of rotatable bonds is 3. The summed E-state index contributed by atoms with van der Waals surface area (Å²) in [6, 6.07) is 16.8. The van der Waals surface area contributed by atoms with Crippen LogP contribution in [0.15, 0.2) is 54.6 Å². The summed E-state index contributed by atoms with van der Waals surface area (Å²) in [6.45, 7) is 0. The summed E-state index contributed by atoms with van der Waals surface area (Å²) in [7, 11) is 1.61. The largest absolute Gasteiger partial charge is 0.497 e. The molecule has 0 saturated carbocycles. The smallest absolute Gasteiger partial charge is 0.354 e. The van der Waals surface area contributed by atoms with Gasteiger partial charge in [0.1, 0.15) is 11.4 Å². The van der Waals surface area contributed by atoms with Crippen molar-refractivity contribution in [3.63, 3.8) is 0 Å². The maximum Gasteiger partial charge on any atom is 0.354 e. The zero-order valence-electron chi connectivity index (χ0n) is 12.9. The van der Waals surface area contributed by atoms with Gasteiger partial charge in [0.25, 0.3) is 0 Å². The highest BCUT2D eigenvalue weighted by Crippen LogP contribution is 2.33. The Balaban J connectivity index is 2.06. The number of carbonyl (C=O) groups is 1. The summed E-state index contributed by atoms with van der Waals surface area (Å²) in [5.41, 5.74) is 3.25. The van der Waals surface area contributed by atoms with E-state index < -0.39 is 5.97 Å². The van der Waals surface area contributed by atoms with Crippen LogP contribution in [0.2, 0.25) is 0 Å². The van der Waals surface area contributed by atoms with Crippen LogP contribution < -0.4 is 4.74 Å². The number of aromatic nitrogens is 2. The molecule has 5 heteroatoms. The van der Waals surface area contributed by atoms with Crippen LogP contribution in [0.4, 0.5) is 0 Å². The highest BCUT2D eigenvalue weighted by Gasteiger charge is 2.16. The number of aromatic carboxylic acids is 1. The van der Waals surface area contributed by atoms with Gasteiger partial charge in [-0.2, -0.15) is 0 Å². The molecule has 118 valence electrons. The number of ether oxygens (including phenoxy) is 1. The summed E-state index contributed by atoms with van der Waals surface area (Å²) >= 11 is 0. The third-order valence-electron chi connectivity index (χ3n) is 4.08. The molecular formula is C19H14N2O3. The lowest BCUT2D eigenvalue weighted by atomic mass is 10.1. The Morgan fingerprint density at radius 1 is 1.08 bits per heavy atom. The minimum Gasteiger partial charge on any atom is -0.497 e. The van der Waals surface area contributed by atoms with Crippen molar-refractivity contribution in [2.75, 3.05) is 7.11 Å². The number of nitrogens with one attached hydrogen (secondary N) is 1. The van der Waals surface area contributed by atoms with Crippen LogP contribution in [-0.2, 0) is 0 Å². The van der Waals surface area contributed by atoms with E-state index in [0.29, 0.717) is 5.69 Å². The summed E-state index contributed by atoms with van der Waals surface area (Å²) in [4.78, 5) is 19.2. The van der Waals surface area contributed by atoms with Crippen molar-refractivity contribution in [3.05, 3.63) is 60.3 Å². The van der Waals surface area contributed by atoms with Crippen LogP contribution in [0, 0.1) is 0 Å². The van der Waals surface area contributed by atoms with Gasteiger partial charge in [0.05, 0.1) is 18.3 Å². The number of hydrogen-bond acceptors (Lipinski definition) is 3. The number of fused-ring (bicyclic) bond motifs is 3. The summed E-state index contributed by atoms with van der Waals surface area (Å²) in [5.74, 6) is -0.307. The molecule has 2 N–H and O–H groups in total. The fourth-order valence-electron chi connectivity index (χ4n) is 2.91. The molecule has 2 aromatic carbocycles. The number of nitrogens with zero attached hydrogens (tertiary/aromatic N) is 1. The number of pyridine rings is 1. The number of para-hydroxylation sites is 1. The second-order valence-corrected chi connectivity index (χ2v) is 5.48. The maximum absolute atomic E-state index is 11.5. The molecule has 0 aliphatic rings. The molecule has 0 fully saturated rings. The molecule has 0 aliphatic carbocycles. The first-order valence-corrected chi connectivity index (χ1v) is 7.46.